The molecule has 0 radical (unpaired) electrons. The van der Waals surface area contributed by atoms with E-state index >= 15 is 0 Å². The summed E-state index contributed by atoms with van der Waals surface area (Å²) in [6.45, 7) is 4.49. The summed E-state index contributed by atoms with van der Waals surface area (Å²) in [5.41, 5.74) is 1.54. The summed E-state index contributed by atoms with van der Waals surface area (Å²) < 4.78 is 1.91. The van der Waals surface area contributed by atoms with E-state index in [1.54, 1.807) is 12.1 Å². The minimum absolute atomic E-state index is 0.224. The summed E-state index contributed by atoms with van der Waals surface area (Å²) in [7, 11) is 0. The van der Waals surface area contributed by atoms with Crippen LogP contribution < -0.4 is 0 Å². The van der Waals surface area contributed by atoms with Crippen molar-refractivity contribution in [2.75, 3.05) is 0 Å². The zero-order chi connectivity index (χ0) is 13.6. The van der Waals surface area contributed by atoms with Crippen LogP contribution in [-0.4, -0.2) is 26.1 Å². The molecule has 19 heavy (non-hydrogen) atoms. The molecule has 0 aliphatic heterocycles. The number of aromatic nitrogens is 3. The van der Waals surface area contributed by atoms with E-state index in [0.29, 0.717) is 23.4 Å². The van der Waals surface area contributed by atoms with Gasteiger partial charge in [0.1, 0.15) is 5.52 Å². The van der Waals surface area contributed by atoms with Crippen LogP contribution in [0.15, 0.2) is 18.2 Å². The van der Waals surface area contributed by atoms with Gasteiger partial charge in [-0.05, 0) is 36.8 Å². The molecule has 2 aromatic rings. The second kappa shape index (κ2) is 4.33. The number of carboxylic acids is 1. The average molecular weight is 259 g/mol. The van der Waals surface area contributed by atoms with Gasteiger partial charge >= 0.3 is 5.97 Å². The zero-order valence-electron chi connectivity index (χ0n) is 11.1. The number of hydrogen-bond donors (Lipinski definition) is 1. The largest absolute Gasteiger partial charge is 0.478 e. The Labute approximate surface area is 111 Å². The van der Waals surface area contributed by atoms with Crippen LogP contribution in [0.3, 0.4) is 0 Å². The summed E-state index contributed by atoms with van der Waals surface area (Å²) in [5, 5.41) is 17.5. The Bertz CT molecular complexity index is 635. The van der Waals surface area contributed by atoms with Crippen molar-refractivity contribution in [1.29, 1.82) is 0 Å². The lowest BCUT2D eigenvalue weighted by atomic mass is 9.98. The number of hydrogen-bond acceptors (Lipinski definition) is 3. The Morgan fingerprint density at radius 1 is 1.37 bits per heavy atom. The van der Waals surface area contributed by atoms with Crippen molar-refractivity contribution in [2.45, 2.75) is 32.7 Å². The van der Waals surface area contributed by atoms with Crippen LogP contribution in [0.4, 0.5) is 0 Å². The summed E-state index contributed by atoms with van der Waals surface area (Å²) in [4.78, 5) is 11.2. The number of carbonyl (C=O) groups is 1. The highest BCUT2D eigenvalue weighted by atomic mass is 16.4. The third-order valence-corrected chi connectivity index (χ3v) is 4.47. The van der Waals surface area contributed by atoms with Crippen molar-refractivity contribution in [2.24, 2.45) is 11.8 Å². The second-order valence-corrected chi connectivity index (χ2v) is 5.49. The molecule has 1 aliphatic rings. The predicted octanol–water partition coefficient (Wildman–Crippen LogP) is 2.74. The molecule has 0 amide bonds. The molecule has 100 valence electrons. The molecular weight excluding hydrogens is 242 g/mol. The number of fused-ring (bicyclic) bond motifs is 1. The van der Waals surface area contributed by atoms with E-state index in [-0.39, 0.29) is 5.56 Å². The molecule has 0 bridgehead atoms. The first-order chi connectivity index (χ1) is 9.09. The topological polar surface area (TPSA) is 68.0 Å². The Balaban J connectivity index is 2.11. The Hall–Kier alpha value is -1.91. The third kappa shape index (κ3) is 1.80. The van der Waals surface area contributed by atoms with Gasteiger partial charge in [0.05, 0.1) is 17.1 Å². The third-order valence-electron chi connectivity index (χ3n) is 4.47. The van der Waals surface area contributed by atoms with Gasteiger partial charge in [0.15, 0.2) is 0 Å². The highest BCUT2D eigenvalue weighted by Crippen LogP contribution is 2.40. The Morgan fingerprint density at radius 2 is 2.16 bits per heavy atom. The molecule has 3 unspecified atom stereocenters. The van der Waals surface area contributed by atoms with Gasteiger partial charge in [-0.2, -0.15) is 0 Å². The van der Waals surface area contributed by atoms with E-state index in [2.05, 4.69) is 24.2 Å². The van der Waals surface area contributed by atoms with Gasteiger partial charge in [-0.15, -0.1) is 5.10 Å². The molecule has 1 heterocycles. The number of benzene rings is 1. The van der Waals surface area contributed by atoms with Crippen LogP contribution in [0, 0.1) is 11.8 Å². The molecule has 1 aromatic heterocycles. The normalized spacial score (nSPS) is 26.9. The molecule has 0 spiro atoms. The summed E-state index contributed by atoms with van der Waals surface area (Å²) in [6.07, 6.45) is 2.27. The number of aromatic carboxylic acids is 1. The minimum atomic E-state index is -0.953. The quantitative estimate of drug-likeness (QED) is 0.900. The molecule has 5 nitrogen and oxygen atoms in total. The molecule has 1 N–H and O–H groups in total. The van der Waals surface area contributed by atoms with E-state index in [4.69, 9.17) is 0 Å². The van der Waals surface area contributed by atoms with Gasteiger partial charge < -0.3 is 5.11 Å². The number of rotatable bonds is 2. The monoisotopic (exact) mass is 259 g/mol. The highest BCUT2D eigenvalue weighted by molar-refractivity contribution is 6.00. The van der Waals surface area contributed by atoms with Crippen molar-refractivity contribution in [3.63, 3.8) is 0 Å². The first-order valence-corrected chi connectivity index (χ1v) is 6.67. The summed E-state index contributed by atoms with van der Waals surface area (Å²) >= 11 is 0. The van der Waals surface area contributed by atoms with Crippen molar-refractivity contribution in [1.82, 2.24) is 15.0 Å². The van der Waals surface area contributed by atoms with Crippen LogP contribution in [-0.2, 0) is 0 Å². The Morgan fingerprint density at radius 3 is 2.79 bits per heavy atom. The van der Waals surface area contributed by atoms with Gasteiger partial charge in [0, 0.05) is 0 Å². The minimum Gasteiger partial charge on any atom is -0.478 e. The van der Waals surface area contributed by atoms with Crippen LogP contribution in [0.2, 0.25) is 0 Å². The van der Waals surface area contributed by atoms with Crippen molar-refractivity contribution in [3.05, 3.63) is 23.8 Å². The predicted molar refractivity (Wildman–Crippen MR) is 71.1 cm³/mol. The maximum absolute atomic E-state index is 11.2. The van der Waals surface area contributed by atoms with Crippen molar-refractivity contribution < 1.29 is 9.90 Å². The molecule has 3 atom stereocenters. The van der Waals surface area contributed by atoms with Crippen molar-refractivity contribution in [3.8, 4) is 0 Å². The van der Waals surface area contributed by atoms with Gasteiger partial charge in [0.25, 0.3) is 0 Å². The van der Waals surface area contributed by atoms with E-state index in [1.807, 2.05) is 10.7 Å². The van der Waals surface area contributed by atoms with Crippen LogP contribution >= 0.6 is 0 Å². The van der Waals surface area contributed by atoms with E-state index in [0.717, 1.165) is 11.9 Å². The summed E-state index contributed by atoms with van der Waals surface area (Å²) in [6, 6.07) is 5.56. The molecule has 0 saturated heterocycles. The first kappa shape index (κ1) is 12.1. The van der Waals surface area contributed by atoms with Gasteiger partial charge in [-0.3, -0.25) is 0 Å². The maximum atomic E-state index is 11.2. The van der Waals surface area contributed by atoms with Crippen LogP contribution in [0.25, 0.3) is 11.0 Å². The van der Waals surface area contributed by atoms with Crippen LogP contribution in [0.1, 0.15) is 43.1 Å². The SMILES string of the molecule is CC1CCC(n2nnc3c(C(=O)O)cccc32)C1C. The molecule has 1 saturated carbocycles. The van der Waals surface area contributed by atoms with Gasteiger partial charge in [-0.1, -0.05) is 25.1 Å². The second-order valence-electron chi connectivity index (χ2n) is 5.49. The lowest BCUT2D eigenvalue weighted by Crippen LogP contribution is -2.15. The smallest absolute Gasteiger partial charge is 0.338 e. The number of nitrogens with zero attached hydrogens (tertiary/aromatic N) is 3. The zero-order valence-corrected chi connectivity index (χ0v) is 11.1. The fourth-order valence-corrected chi connectivity index (χ4v) is 3.06. The van der Waals surface area contributed by atoms with Gasteiger partial charge in [-0.25, -0.2) is 9.48 Å². The number of carboxylic acid groups (broad SMARTS) is 1. The molecular formula is C14H17N3O2. The molecule has 1 aromatic carbocycles. The maximum Gasteiger partial charge on any atom is 0.338 e. The molecule has 3 rings (SSSR count). The molecule has 1 aliphatic carbocycles. The van der Waals surface area contributed by atoms with E-state index in [1.165, 1.54) is 6.42 Å². The lowest BCUT2D eigenvalue weighted by molar-refractivity contribution is 0.0699. The summed E-state index contributed by atoms with van der Waals surface area (Å²) in [5.74, 6) is 0.260. The van der Waals surface area contributed by atoms with E-state index < -0.39 is 5.97 Å². The van der Waals surface area contributed by atoms with Crippen molar-refractivity contribution >= 4 is 17.0 Å². The fourth-order valence-electron chi connectivity index (χ4n) is 3.06. The average Bonchev–Trinajstić information content (AvgIpc) is 2.94. The van der Waals surface area contributed by atoms with Crippen LogP contribution in [0.5, 0.6) is 0 Å². The standard InChI is InChI=1S/C14H17N3O2/c1-8-6-7-11(9(8)2)17-12-5-3-4-10(14(18)19)13(12)15-16-17/h3-5,8-9,11H,6-7H2,1-2H3,(H,18,19). The highest BCUT2D eigenvalue weighted by Gasteiger charge is 2.33. The lowest BCUT2D eigenvalue weighted by Gasteiger charge is -2.18. The molecule has 5 heteroatoms. The van der Waals surface area contributed by atoms with Gasteiger partial charge in [0.2, 0.25) is 0 Å². The Kier molecular flexibility index (Phi) is 2.77. The first-order valence-electron chi connectivity index (χ1n) is 6.67. The molecule has 1 fully saturated rings. The van der Waals surface area contributed by atoms with E-state index in [9.17, 15) is 9.90 Å². The fraction of sp³-hybridized carbons (Fsp3) is 0.500.